The zero-order valence-electron chi connectivity index (χ0n) is 9.33. The smallest absolute Gasteiger partial charge is 0.0724 e. The first kappa shape index (κ1) is 12.0. The van der Waals surface area contributed by atoms with Gasteiger partial charge in [-0.2, -0.15) is 0 Å². The Kier molecular flexibility index (Phi) is 5.74. The molecule has 0 amide bonds. The lowest BCUT2D eigenvalue weighted by atomic mass is 10.1. The Morgan fingerprint density at radius 1 is 1.33 bits per heavy atom. The molecule has 0 aliphatic heterocycles. The van der Waals surface area contributed by atoms with Gasteiger partial charge in [-0.15, -0.1) is 6.58 Å². The molecule has 0 unspecified atom stereocenters. The maximum Gasteiger partial charge on any atom is 0.0724 e. The van der Waals surface area contributed by atoms with Crippen LogP contribution >= 0.6 is 0 Å². The number of rotatable bonds is 7. The largest absolute Gasteiger partial charge is 0.373 e. The maximum atomic E-state index is 5.44. The highest BCUT2D eigenvalue weighted by Crippen LogP contribution is 2.09. The first-order chi connectivity index (χ1) is 7.38. The molecule has 0 saturated carbocycles. The van der Waals surface area contributed by atoms with Crippen molar-refractivity contribution >= 4 is 0 Å². The number of hydrogen-bond donors (Lipinski definition) is 1. The van der Waals surface area contributed by atoms with Gasteiger partial charge in [0.2, 0.25) is 0 Å². The van der Waals surface area contributed by atoms with Crippen molar-refractivity contribution < 1.29 is 4.74 Å². The van der Waals surface area contributed by atoms with E-state index in [2.05, 4.69) is 37.0 Å². The van der Waals surface area contributed by atoms with Gasteiger partial charge in [0.05, 0.1) is 13.2 Å². The quantitative estimate of drug-likeness (QED) is 0.545. The Labute approximate surface area is 92.0 Å². The lowest BCUT2D eigenvalue weighted by molar-refractivity contribution is 0.148. The number of ether oxygens (including phenoxy) is 1. The molecule has 2 heteroatoms. The SMILES string of the molecule is C=CCOCc1ccccc1CNCC. The lowest BCUT2D eigenvalue weighted by Gasteiger charge is -2.09. The van der Waals surface area contributed by atoms with Crippen molar-refractivity contribution in [1.82, 2.24) is 5.32 Å². The molecule has 0 atom stereocenters. The zero-order valence-corrected chi connectivity index (χ0v) is 9.33. The van der Waals surface area contributed by atoms with Gasteiger partial charge in [0.25, 0.3) is 0 Å². The minimum atomic E-state index is 0.607. The molecular weight excluding hydrogens is 186 g/mol. The number of nitrogens with one attached hydrogen (secondary N) is 1. The van der Waals surface area contributed by atoms with Gasteiger partial charge in [-0.05, 0) is 17.7 Å². The molecule has 1 rings (SSSR count). The summed E-state index contributed by atoms with van der Waals surface area (Å²) in [5, 5.41) is 3.32. The molecule has 2 nitrogen and oxygen atoms in total. The molecule has 0 aliphatic rings. The highest BCUT2D eigenvalue weighted by atomic mass is 16.5. The molecule has 1 aromatic carbocycles. The van der Waals surface area contributed by atoms with Gasteiger partial charge in [0.15, 0.2) is 0 Å². The van der Waals surface area contributed by atoms with Gasteiger partial charge in [0, 0.05) is 6.54 Å². The monoisotopic (exact) mass is 205 g/mol. The Morgan fingerprint density at radius 3 is 2.73 bits per heavy atom. The number of hydrogen-bond acceptors (Lipinski definition) is 2. The fraction of sp³-hybridized carbons (Fsp3) is 0.385. The van der Waals surface area contributed by atoms with Gasteiger partial charge in [0.1, 0.15) is 0 Å². The second-order valence-corrected chi connectivity index (χ2v) is 3.35. The first-order valence-electron chi connectivity index (χ1n) is 5.34. The first-order valence-corrected chi connectivity index (χ1v) is 5.34. The summed E-state index contributed by atoms with van der Waals surface area (Å²) in [6.07, 6.45) is 1.77. The van der Waals surface area contributed by atoms with E-state index < -0.39 is 0 Å². The van der Waals surface area contributed by atoms with Crippen molar-refractivity contribution in [3.63, 3.8) is 0 Å². The average molecular weight is 205 g/mol. The zero-order chi connectivity index (χ0) is 10.9. The van der Waals surface area contributed by atoms with E-state index >= 15 is 0 Å². The van der Waals surface area contributed by atoms with E-state index in [4.69, 9.17) is 4.74 Å². The summed E-state index contributed by atoms with van der Waals surface area (Å²) < 4.78 is 5.44. The van der Waals surface area contributed by atoms with Crippen LogP contribution in [0.5, 0.6) is 0 Å². The van der Waals surface area contributed by atoms with Crippen molar-refractivity contribution in [3.8, 4) is 0 Å². The van der Waals surface area contributed by atoms with Gasteiger partial charge in [-0.1, -0.05) is 37.3 Å². The van der Waals surface area contributed by atoms with Crippen LogP contribution in [0.25, 0.3) is 0 Å². The van der Waals surface area contributed by atoms with Crippen LogP contribution in [0.1, 0.15) is 18.1 Å². The number of benzene rings is 1. The summed E-state index contributed by atoms with van der Waals surface area (Å²) in [6.45, 7) is 8.90. The van der Waals surface area contributed by atoms with Crippen LogP contribution in [0.15, 0.2) is 36.9 Å². The molecule has 0 spiro atoms. The summed E-state index contributed by atoms with van der Waals surface area (Å²) in [5.74, 6) is 0. The van der Waals surface area contributed by atoms with Crippen LogP contribution in [0.2, 0.25) is 0 Å². The van der Waals surface area contributed by atoms with E-state index in [1.165, 1.54) is 11.1 Å². The van der Waals surface area contributed by atoms with E-state index in [0.29, 0.717) is 13.2 Å². The van der Waals surface area contributed by atoms with Crippen LogP contribution in [0.4, 0.5) is 0 Å². The third kappa shape index (κ3) is 4.28. The summed E-state index contributed by atoms with van der Waals surface area (Å²) in [7, 11) is 0. The second kappa shape index (κ2) is 7.21. The van der Waals surface area contributed by atoms with E-state index in [0.717, 1.165) is 13.1 Å². The van der Waals surface area contributed by atoms with Crippen LogP contribution in [0.3, 0.4) is 0 Å². The van der Waals surface area contributed by atoms with E-state index in [1.807, 2.05) is 6.07 Å². The van der Waals surface area contributed by atoms with Crippen molar-refractivity contribution in [2.45, 2.75) is 20.1 Å². The van der Waals surface area contributed by atoms with Crippen molar-refractivity contribution in [2.75, 3.05) is 13.2 Å². The minimum absolute atomic E-state index is 0.607. The summed E-state index contributed by atoms with van der Waals surface area (Å²) in [6, 6.07) is 8.34. The normalized spacial score (nSPS) is 10.2. The third-order valence-corrected chi connectivity index (χ3v) is 2.18. The third-order valence-electron chi connectivity index (χ3n) is 2.18. The molecule has 0 aromatic heterocycles. The Morgan fingerprint density at radius 2 is 2.07 bits per heavy atom. The van der Waals surface area contributed by atoms with Crippen LogP contribution in [-0.2, 0) is 17.9 Å². The predicted octanol–water partition coefficient (Wildman–Crippen LogP) is 2.50. The van der Waals surface area contributed by atoms with Crippen LogP contribution in [0, 0.1) is 0 Å². The molecule has 0 aliphatic carbocycles. The minimum Gasteiger partial charge on any atom is -0.373 e. The van der Waals surface area contributed by atoms with Crippen LogP contribution < -0.4 is 5.32 Å². The van der Waals surface area contributed by atoms with E-state index in [-0.39, 0.29) is 0 Å². The average Bonchev–Trinajstić information content (AvgIpc) is 2.28. The van der Waals surface area contributed by atoms with Crippen molar-refractivity contribution in [1.29, 1.82) is 0 Å². The fourth-order valence-electron chi connectivity index (χ4n) is 1.38. The Bertz CT molecular complexity index is 296. The fourth-order valence-corrected chi connectivity index (χ4v) is 1.38. The Hall–Kier alpha value is -1.12. The predicted molar refractivity (Wildman–Crippen MR) is 63.7 cm³/mol. The van der Waals surface area contributed by atoms with Crippen molar-refractivity contribution in [3.05, 3.63) is 48.0 Å². The molecule has 82 valence electrons. The molecule has 0 bridgehead atoms. The molecule has 0 heterocycles. The summed E-state index contributed by atoms with van der Waals surface area (Å²) in [4.78, 5) is 0. The van der Waals surface area contributed by atoms with Crippen LogP contribution in [-0.4, -0.2) is 13.2 Å². The molecule has 0 radical (unpaired) electrons. The summed E-state index contributed by atoms with van der Waals surface area (Å²) >= 11 is 0. The topological polar surface area (TPSA) is 21.3 Å². The van der Waals surface area contributed by atoms with Gasteiger partial charge < -0.3 is 10.1 Å². The molecule has 0 saturated heterocycles. The van der Waals surface area contributed by atoms with Crippen molar-refractivity contribution in [2.24, 2.45) is 0 Å². The van der Waals surface area contributed by atoms with E-state index in [1.54, 1.807) is 6.08 Å². The molecule has 0 fully saturated rings. The van der Waals surface area contributed by atoms with Gasteiger partial charge >= 0.3 is 0 Å². The molecule has 1 N–H and O–H groups in total. The van der Waals surface area contributed by atoms with Gasteiger partial charge in [-0.25, -0.2) is 0 Å². The molecule has 15 heavy (non-hydrogen) atoms. The lowest BCUT2D eigenvalue weighted by Crippen LogP contribution is -2.13. The molecular formula is C13H19NO. The summed E-state index contributed by atoms with van der Waals surface area (Å²) in [5.41, 5.74) is 2.56. The highest BCUT2D eigenvalue weighted by Gasteiger charge is 2.00. The molecule has 1 aromatic rings. The highest BCUT2D eigenvalue weighted by molar-refractivity contribution is 5.26. The maximum absolute atomic E-state index is 5.44. The standard InChI is InChI=1S/C13H19NO/c1-3-9-15-11-13-8-6-5-7-12(13)10-14-4-2/h3,5-8,14H,1,4,9-11H2,2H3. The van der Waals surface area contributed by atoms with E-state index in [9.17, 15) is 0 Å². The second-order valence-electron chi connectivity index (χ2n) is 3.35. The Balaban J connectivity index is 2.55. The van der Waals surface area contributed by atoms with Gasteiger partial charge in [-0.3, -0.25) is 0 Å².